The number of pyridine rings is 1. The summed E-state index contributed by atoms with van der Waals surface area (Å²) in [6.07, 6.45) is 4.55. The van der Waals surface area contributed by atoms with Gasteiger partial charge in [-0.15, -0.1) is 0 Å². The summed E-state index contributed by atoms with van der Waals surface area (Å²) in [6, 6.07) is 1.47. The number of carbonyl (C=O) groups excluding carboxylic acids is 1. The largest absolute Gasteiger partial charge is 0.377 e. The number of ether oxygens (including phenoxy) is 1. The van der Waals surface area contributed by atoms with Gasteiger partial charge in [0, 0.05) is 24.1 Å². The van der Waals surface area contributed by atoms with Crippen molar-refractivity contribution in [2.75, 3.05) is 19.8 Å². The minimum absolute atomic E-state index is 0.214. The van der Waals surface area contributed by atoms with E-state index in [1.807, 2.05) is 6.92 Å². The first-order valence-corrected chi connectivity index (χ1v) is 8.29. The van der Waals surface area contributed by atoms with Crippen LogP contribution < -0.4 is 5.56 Å². The third-order valence-electron chi connectivity index (χ3n) is 4.75. The molecule has 0 unspecified atom stereocenters. The van der Waals surface area contributed by atoms with Gasteiger partial charge in [-0.25, -0.2) is 4.98 Å². The molecule has 0 bridgehead atoms. The van der Waals surface area contributed by atoms with Gasteiger partial charge in [0.2, 0.25) is 0 Å². The van der Waals surface area contributed by atoms with Gasteiger partial charge in [0.15, 0.2) is 0 Å². The van der Waals surface area contributed by atoms with Crippen LogP contribution in [0.3, 0.4) is 0 Å². The molecular weight excluding hydrogens is 308 g/mol. The summed E-state index contributed by atoms with van der Waals surface area (Å²) in [7, 11) is 0. The van der Waals surface area contributed by atoms with Crippen molar-refractivity contribution in [2.45, 2.75) is 32.2 Å². The molecule has 0 saturated carbocycles. The minimum atomic E-state index is -0.304. The zero-order valence-electron chi connectivity index (χ0n) is 13.6. The van der Waals surface area contributed by atoms with E-state index in [1.54, 1.807) is 17.2 Å². The van der Waals surface area contributed by atoms with Gasteiger partial charge in [0.25, 0.3) is 11.5 Å². The molecule has 7 nitrogen and oxygen atoms in total. The summed E-state index contributed by atoms with van der Waals surface area (Å²) < 4.78 is 5.53. The fraction of sp³-hybridized carbons (Fsp3) is 0.471. The Labute approximate surface area is 139 Å². The number of nitrogens with zero attached hydrogens (tertiary/aromatic N) is 2. The predicted molar refractivity (Wildman–Crippen MR) is 87.0 cm³/mol. The molecule has 1 fully saturated rings. The van der Waals surface area contributed by atoms with E-state index < -0.39 is 0 Å². The normalized spacial score (nSPS) is 20.2. The van der Waals surface area contributed by atoms with Crippen molar-refractivity contribution in [1.29, 1.82) is 0 Å². The van der Waals surface area contributed by atoms with Crippen LogP contribution in [0.4, 0.5) is 0 Å². The zero-order valence-corrected chi connectivity index (χ0v) is 13.6. The quantitative estimate of drug-likeness (QED) is 0.864. The summed E-state index contributed by atoms with van der Waals surface area (Å²) in [5.41, 5.74) is 2.89. The molecule has 1 aliphatic heterocycles. The lowest BCUT2D eigenvalue weighted by Gasteiger charge is -2.34. The number of rotatable bonds is 2. The van der Waals surface area contributed by atoms with Gasteiger partial charge in [-0.1, -0.05) is 0 Å². The number of aryl methyl sites for hydroxylation is 3. The number of imidazole rings is 1. The minimum Gasteiger partial charge on any atom is -0.377 e. The van der Waals surface area contributed by atoms with Crippen molar-refractivity contribution in [2.24, 2.45) is 0 Å². The maximum atomic E-state index is 13.0. The standard InChI is InChI=1S/C17H20N4O3/c1-10-8-18-15(19-10)14-9-24-6-5-21(14)17(23)12-7-11-3-2-4-13(11)20-16(12)22/h7-8,14H,2-6,9H2,1H3,(H,18,19)(H,20,22)/t14-/m0/s1. The molecule has 2 N–H and O–H groups in total. The van der Waals surface area contributed by atoms with Crippen molar-refractivity contribution in [3.8, 4) is 0 Å². The number of hydrogen-bond donors (Lipinski definition) is 2. The summed E-state index contributed by atoms with van der Waals surface area (Å²) in [4.78, 5) is 37.4. The molecule has 1 aliphatic carbocycles. The average molecular weight is 328 g/mol. The number of fused-ring (bicyclic) bond motifs is 1. The van der Waals surface area contributed by atoms with E-state index in [9.17, 15) is 9.59 Å². The first-order chi connectivity index (χ1) is 11.6. The molecule has 126 valence electrons. The van der Waals surface area contributed by atoms with Gasteiger partial charge in [0.05, 0.1) is 13.2 Å². The highest BCUT2D eigenvalue weighted by molar-refractivity contribution is 5.94. The molecule has 7 heteroatoms. The average Bonchev–Trinajstić information content (AvgIpc) is 3.21. The molecule has 1 atom stereocenters. The summed E-state index contributed by atoms with van der Waals surface area (Å²) in [6.45, 7) is 3.20. The Kier molecular flexibility index (Phi) is 3.72. The van der Waals surface area contributed by atoms with Crippen LogP contribution in [0.5, 0.6) is 0 Å². The van der Waals surface area contributed by atoms with Crippen LogP contribution in [-0.2, 0) is 17.6 Å². The maximum absolute atomic E-state index is 13.0. The summed E-state index contributed by atoms with van der Waals surface area (Å²) in [5.74, 6) is 0.437. The molecule has 4 rings (SSSR count). The third-order valence-corrected chi connectivity index (χ3v) is 4.75. The number of aromatic amines is 2. The number of amides is 1. The second-order valence-corrected chi connectivity index (χ2v) is 6.41. The van der Waals surface area contributed by atoms with E-state index in [1.165, 1.54) is 0 Å². The Morgan fingerprint density at radius 2 is 2.25 bits per heavy atom. The number of nitrogens with one attached hydrogen (secondary N) is 2. The van der Waals surface area contributed by atoms with Crippen molar-refractivity contribution >= 4 is 5.91 Å². The first-order valence-electron chi connectivity index (χ1n) is 8.29. The number of hydrogen-bond acceptors (Lipinski definition) is 4. The summed E-state index contributed by atoms with van der Waals surface area (Å²) in [5, 5.41) is 0. The number of H-pyrrole nitrogens is 2. The van der Waals surface area contributed by atoms with Gasteiger partial charge in [-0.3, -0.25) is 9.59 Å². The van der Waals surface area contributed by atoms with Crippen LogP contribution in [-0.4, -0.2) is 45.5 Å². The second-order valence-electron chi connectivity index (χ2n) is 6.41. The number of aromatic nitrogens is 3. The molecule has 2 aliphatic rings. The highest BCUT2D eigenvalue weighted by Crippen LogP contribution is 2.25. The van der Waals surface area contributed by atoms with Crippen molar-refractivity contribution in [3.63, 3.8) is 0 Å². The fourth-order valence-electron chi connectivity index (χ4n) is 3.50. The maximum Gasteiger partial charge on any atom is 0.261 e. The molecule has 24 heavy (non-hydrogen) atoms. The van der Waals surface area contributed by atoms with E-state index in [-0.39, 0.29) is 23.1 Å². The Bertz CT molecular complexity index is 839. The van der Waals surface area contributed by atoms with Crippen LogP contribution in [0, 0.1) is 6.92 Å². The van der Waals surface area contributed by atoms with Gasteiger partial charge in [-0.05, 0) is 37.8 Å². The van der Waals surface area contributed by atoms with Crippen LogP contribution >= 0.6 is 0 Å². The van der Waals surface area contributed by atoms with Crippen LogP contribution in [0.25, 0.3) is 0 Å². The third kappa shape index (κ3) is 2.54. The van der Waals surface area contributed by atoms with E-state index in [2.05, 4.69) is 15.0 Å². The molecule has 2 aromatic rings. The number of morpholine rings is 1. The monoisotopic (exact) mass is 328 g/mol. The van der Waals surface area contributed by atoms with E-state index >= 15 is 0 Å². The van der Waals surface area contributed by atoms with Crippen molar-refractivity contribution in [3.05, 3.63) is 51.0 Å². The van der Waals surface area contributed by atoms with Gasteiger partial charge < -0.3 is 19.6 Å². The second kappa shape index (κ2) is 5.90. The van der Waals surface area contributed by atoms with Gasteiger partial charge in [-0.2, -0.15) is 0 Å². The van der Waals surface area contributed by atoms with E-state index in [0.29, 0.717) is 25.6 Å². The highest BCUT2D eigenvalue weighted by Gasteiger charge is 2.32. The Balaban J connectivity index is 1.68. The molecule has 1 amide bonds. The first kappa shape index (κ1) is 15.1. The van der Waals surface area contributed by atoms with E-state index in [0.717, 1.165) is 36.2 Å². The smallest absolute Gasteiger partial charge is 0.261 e. The van der Waals surface area contributed by atoms with Gasteiger partial charge in [0.1, 0.15) is 17.4 Å². The molecule has 0 spiro atoms. The lowest BCUT2D eigenvalue weighted by atomic mass is 10.1. The highest BCUT2D eigenvalue weighted by atomic mass is 16.5. The zero-order chi connectivity index (χ0) is 16.7. The van der Waals surface area contributed by atoms with Crippen LogP contribution in [0.15, 0.2) is 17.1 Å². The Morgan fingerprint density at radius 3 is 3.04 bits per heavy atom. The Morgan fingerprint density at radius 1 is 1.38 bits per heavy atom. The van der Waals surface area contributed by atoms with E-state index in [4.69, 9.17) is 4.74 Å². The summed E-state index contributed by atoms with van der Waals surface area (Å²) >= 11 is 0. The molecule has 3 heterocycles. The lowest BCUT2D eigenvalue weighted by molar-refractivity contribution is -0.00511. The predicted octanol–water partition coefficient (Wildman–Crippen LogP) is 1.11. The SMILES string of the molecule is Cc1cnc([C@@H]2COCCN2C(=O)c2cc3c([nH]c2=O)CCC3)[nH]1. The Hall–Kier alpha value is -2.41. The molecule has 2 aromatic heterocycles. The van der Waals surface area contributed by atoms with Crippen LogP contribution in [0.1, 0.15) is 45.6 Å². The molecular formula is C17H20N4O3. The van der Waals surface area contributed by atoms with Crippen molar-refractivity contribution in [1.82, 2.24) is 19.9 Å². The van der Waals surface area contributed by atoms with Gasteiger partial charge >= 0.3 is 0 Å². The lowest BCUT2D eigenvalue weighted by Crippen LogP contribution is -2.45. The molecule has 1 saturated heterocycles. The molecule has 0 radical (unpaired) electrons. The van der Waals surface area contributed by atoms with Crippen molar-refractivity contribution < 1.29 is 9.53 Å². The van der Waals surface area contributed by atoms with Crippen LogP contribution in [0.2, 0.25) is 0 Å². The number of carbonyl (C=O) groups is 1. The molecule has 0 aromatic carbocycles. The fourth-order valence-corrected chi connectivity index (χ4v) is 3.50. The topological polar surface area (TPSA) is 91.1 Å².